The average Bonchev–Trinajstić information content (AvgIpc) is 3.67. The van der Waals surface area contributed by atoms with Crippen molar-refractivity contribution in [1.29, 1.82) is 0 Å². The van der Waals surface area contributed by atoms with Crippen LogP contribution in [-0.4, -0.2) is 40.7 Å². The summed E-state index contributed by atoms with van der Waals surface area (Å²) in [6.07, 6.45) is 7.22. The number of piperidine rings is 1. The molecule has 0 unspecified atom stereocenters. The molecule has 0 bridgehead atoms. The van der Waals surface area contributed by atoms with Gasteiger partial charge in [0.1, 0.15) is 0 Å². The van der Waals surface area contributed by atoms with Crippen LogP contribution in [0.3, 0.4) is 0 Å². The fourth-order valence-corrected chi connectivity index (χ4v) is 4.40. The van der Waals surface area contributed by atoms with E-state index in [2.05, 4.69) is 43.0 Å². The predicted octanol–water partition coefficient (Wildman–Crippen LogP) is 5.25. The molecule has 1 aliphatic heterocycles. The van der Waals surface area contributed by atoms with Gasteiger partial charge in [-0.2, -0.15) is 0 Å². The van der Waals surface area contributed by atoms with Crippen molar-refractivity contribution in [1.82, 2.24) is 9.80 Å². The number of likely N-dealkylation sites (tertiary alicyclic amines) is 1. The Bertz CT molecular complexity index is 937. The van der Waals surface area contributed by atoms with Gasteiger partial charge in [-0.3, -0.25) is 9.59 Å². The number of rotatable bonds is 7. The Hall–Kier alpha value is -2.88. The van der Waals surface area contributed by atoms with E-state index in [4.69, 9.17) is 0 Å². The molecule has 4 rings (SSSR count). The molecule has 1 aliphatic carbocycles. The Balaban J connectivity index is 1.32. The van der Waals surface area contributed by atoms with Crippen molar-refractivity contribution in [2.75, 3.05) is 13.1 Å². The smallest absolute Gasteiger partial charge is 0.246 e. The maximum absolute atomic E-state index is 13.4. The first kappa shape index (κ1) is 22.3. The van der Waals surface area contributed by atoms with Crippen LogP contribution in [0.15, 0.2) is 60.7 Å². The number of nitrogens with zero attached hydrogens (tertiary/aromatic N) is 2. The molecule has 4 nitrogen and oxygen atoms in total. The van der Waals surface area contributed by atoms with E-state index in [1.807, 2.05) is 41.3 Å². The van der Waals surface area contributed by atoms with Gasteiger partial charge < -0.3 is 9.80 Å². The van der Waals surface area contributed by atoms with Crippen LogP contribution in [0.5, 0.6) is 0 Å². The largest absolute Gasteiger partial charge is 0.339 e. The summed E-state index contributed by atoms with van der Waals surface area (Å²) in [4.78, 5) is 29.9. The lowest BCUT2D eigenvalue weighted by atomic mass is 9.94. The first-order chi connectivity index (χ1) is 15.5. The molecule has 0 atom stereocenters. The van der Waals surface area contributed by atoms with E-state index in [1.165, 1.54) is 11.1 Å². The van der Waals surface area contributed by atoms with E-state index in [0.29, 0.717) is 31.6 Å². The second-order valence-corrected chi connectivity index (χ2v) is 9.44. The van der Waals surface area contributed by atoms with E-state index >= 15 is 0 Å². The minimum atomic E-state index is 0.0210. The molecular weight excluding hydrogens is 396 g/mol. The van der Waals surface area contributed by atoms with Crippen molar-refractivity contribution in [2.45, 2.75) is 58.0 Å². The fourth-order valence-electron chi connectivity index (χ4n) is 4.40. The van der Waals surface area contributed by atoms with Gasteiger partial charge in [-0.1, -0.05) is 68.4 Å². The van der Waals surface area contributed by atoms with Gasteiger partial charge in [-0.25, -0.2) is 0 Å². The topological polar surface area (TPSA) is 40.6 Å². The van der Waals surface area contributed by atoms with Crippen LogP contribution in [-0.2, 0) is 16.1 Å². The van der Waals surface area contributed by atoms with E-state index in [9.17, 15) is 9.59 Å². The summed E-state index contributed by atoms with van der Waals surface area (Å²) in [6.45, 7) is 6.39. The molecule has 2 fully saturated rings. The van der Waals surface area contributed by atoms with Crippen LogP contribution in [0.4, 0.5) is 0 Å². The Morgan fingerprint density at radius 1 is 0.969 bits per heavy atom. The zero-order valence-electron chi connectivity index (χ0n) is 19.2. The van der Waals surface area contributed by atoms with E-state index in [0.717, 1.165) is 31.2 Å². The van der Waals surface area contributed by atoms with Crippen molar-refractivity contribution < 1.29 is 9.59 Å². The van der Waals surface area contributed by atoms with E-state index in [-0.39, 0.29) is 17.7 Å². The molecule has 0 spiro atoms. The monoisotopic (exact) mass is 430 g/mol. The highest BCUT2D eigenvalue weighted by Gasteiger charge is 2.37. The van der Waals surface area contributed by atoms with Gasteiger partial charge >= 0.3 is 0 Å². The lowest BCUT2D eigenvalue weighted by Crippen LogP contribution is -2.44. The first-order valence-corrected chi connectivity index (χ1v) is 11.9. The van der Waals surface area contributed by atoms with Gasteiger partial charge in [-0.05, 0) is 54.4 Å². The molecule has 0 radical (unpaired) electrons. The Morgan fingerprint density at radius 2 is 1.62 bits per heavy atom. The van der Waals surface area contributed by atoms with Gasteiger partial charge in [0.05, 0.1) is 0 Å². The Labute approximate surface area is 191 Å². The maximum Gasteiger partial charge on any atom is 0.246 e. The molecule has 0 N–H and O–H groups in total. The minimum Gasteiger partial charge on any atom is -0.339 e. The summed E-state index contributed by atoms with van der Waals surface area (Å²) in [5.74, 6) is 0.838. The van der Waals surface area contributed by atoms with E-state index < -0.39 is 0 Å². The molecular formula is C28H34N2O2. The molecule has 32 heavy (non-hydrogen) atoms. The summed E-state index contributed by atoms with van der Waals surface area (Å²) in [6, 6.07) is 18.9. The molecule has 1 saturated heterocycles. The Kier molecular flexibility index (Phi) is 7.09. The number of carbonyl (C=O) groups is 2. The highest BCUT2D eigenvalue weighted by atomic mass is 16.2. The highest BCUT2D eigenvalue weighted by molar-refractivity contribution is 5.92. The SMILES string of the molecule is CC(C)c1ccc(CN(C(=O)C2CCN(C(=O)/C=C/c3ccccc3)CC2)C2CC2)cc1. The molecule has 1 heterocycles. The quantitative estimate of drug-likeness (QED) is 0.563. The van der Waals surface area contributed by atoms with Crippen LogP contribution in [0.1, 0.15) is 62.1 Å². The maximum atomic E-state index is 13.4. The second-order valence-electron chi connectivity index (χ2n) is 9.44. The van der Waals surface area contributed by atoms with Crippen LogP contribution in [0, 0.1) is 5.92 Å². The zero-order chi connectivity index (χ0) is 22.5. The van der Waals surface area contributed by atoms with Crippen LogP contribution < -0.4 is 0 Å². The number of hydrogen-bond donors (Lipinski definition) is 0. The molecule has 2 amide bonds. The minimum absolute atomic E-state index is 0.0210. The van der Waals surface area contributed by atoms with Gasteiger partial charge in [0.2, 0.25) is 11.8 Å². The van der Waals surface area contributed by atoms with E-state index in [1.54, 1.807) is 6.08 Å². The zero-order valence-corrected chi connectivity index (χ0v) is 19.2. The third-order valence-electron chi connectivity index (χ3n) is 6.64. The Morgan fingerprint density at radius 3 is 2.22 bits per heavy atom. The lowest BCUT2D eigenvalue weighted by molar-refractivity contribution is -0.140. The first-order valence-electron chi connectivity index (χ1n) is 11.9. The molecule has 0 aromatic heterocycles. The summed E-state index contributed by atoms with van der Waals surface area (Å²) in [5.41, 5.74) is 3.55. The van der Waals surface area contributed by atoms with Crippen molar-refractivity contribution in [3.05, 3.63) is 77.4 Å². The van der Waals surface area contributed by atoms with Crippen molar-refractivity contribution in [3.8, 4) is 0 Å². The third-order valence-corrected chi connectivity index (χ3v) is 6.64. The number of benzene rings is 2. The van der Waals surface area contributed by atoms with Crippen LogP contribution in [0.2, 0.25) is 0 Å². The summed E-state index contributed by atoms with van der Waals surface area (Å²) in [5, 5.41) is 0. The fraction of sp³-hybridized carbons (Fsp3) is 0.429. The average molecular weight is 431 g/mol. The second kappa shape index (κ2) is 10.2. The summed E-state index contributed by atoms with van der Waals surface area (Å²) in [7, 11) is 0. The van der Waals surface area contributed by atoms with Crippen molar-refractivity contribution in [2.24, 2.45) is 5.92 Å². The predicted molar refractivity (Wildman–Crippen MR) is 129 cm³/mol. The molecule has 2 aliphatic rings. The molecule has 1 saturated carbocycles. The van der Waals surface area contributed by atoms with Crippen molar-refractivity contribution in [3.63, 3.8) is 0 Å². The van der Waals surface area contributed by atoms with Crippen molar-refractivity contribution >= 4 is 17.9 Å². The van der Waals surface area contributed by atoms with Gasteiger partial charge in [-0.15, -0.1) is 0 Å². The number of carbonyl (C=O) groups excluding carboxylic acids is 2. The van der Waals surface area contributed by atoms with Crippen LogP contribution in [0.25, 0.3) is 6.08 Å². The lowest BCUT2D eigenvalue weighted by Gasteiger charge is -2.34. The number of amides is 2. The number of hydrogen-bond acceptors (Lipinski definition) is 2. The highest BCUT2D eigenvalue weighted by Crippen LogP contribution is 2.32. The summed E-state index contributed by atoms with van der Waals surface area (Å²) >= 11 is 0. The van der Waals surface area contributed by atoms with Gasteiger partial charge in [0.15, 0.2) is 0 Å². The standard InChI is InChI=1S/C28H34N2O2/c1-21(2)24-11-8-23(9-12-24)20-30(26-13-14-26)28(32)25-16-18-29(19-17-25)27(31)15-10-22-6-4-3-5-7-22/h3-12,15,21,25-26H,13-14,16-20H2,1-2H3/b15-10+. The third kappa shape index (κ3) is 5.67. The van der Waals surface area contributed by atoms with Gasteiger partial charge in [0.25, 0.3) is 0 Å². The molecule has 2 aromatic rings. The van der Waals surface area contributed by atoms with Crippen LogP contribution >= 0.6 is 0 Å². The van der Waals surface area contributed by atoms with Gasteiger partial charge in [0, 0.05) is 37.7 Å². The molecule has 4 heteroatoms. The summed E-state index contributed by atoms with van der Waals surface area (Å²) < 4.78 is 0. The molecule has 168 valence electrons. The molecule has 2 aromatic carbocycles. The normalized spacial score (nSPS) is 17.2.